The molecule has 2 aromatic heterocycles. The van der Waals surface area contributed by atoms with Crippen molar-refractivity contribution in [1.82, 2.24) is 4.57 Å². The van der Waals surface area contributed by atoms with E-state index in [0.29, 0.717) is 0 Å². The van der Waals surface area contributed by atoms with E-state index >= 15 is 0 Å². The van der Waals surface area contributed by atoms with E-state index in [1.54, 1.807) is 0 Å². The fourth-order valence-corrected chi connectivity index (χ4v) is 5.20. The lowest BCUT2D eigenvalue weighted by Gasteiger charge is -2.05. The monoisotopic (exact) mass is 371 g/mol. The van der Waals surface area contributed by atoms with Gasteiger partial charge in [-0.3, -0.25) is 0 Å². The van der Waals surface area contributed by atoms with Gasteiger partial charge < -0.3 is 4.57 Å². The third-order valence-corrected chi connectivity index (χ3v) is 6.67. The summed E-state index contributed by atoms with van der Waals surface area (Å²) in [6, 6.07) is 22.0. The van der Waals surface area contributed by atoms with Gasteiger partial charge in [-0.15, -0.1) is 0 Å². The minimum absolute atomic E-state index is 1.06. The quantitative estimate of drug-likeness (QED) is 0.385. The summed E-state index contributed by atoms with van der Waals surface area (Å²) in [5.41, 5.74) is 2.65. The predicted molar refractivity (Wildman–Crippen MR) is 116 cm³/mol. The lowest BCUT2D eigenvalue weighted by molar-refractivity contribution is -0.642. The van der Waals surface area contributed by atoms with Crippen LogP contribution in [-0.4, -0.2) is 4.57 Å². The van der Waals surface area contributed by atoms with Gasteiger partial charge in [0.25, 0.3) is 5.01 Å². The van der Waals surface area contributed by atoms with E-state index in [1.165, 1.54) is 55.1 Å². The van der Waals surface area contributed by atoms with Crippen LogP contribution in [0.4, 0.5) is 0 Å². The Morgan fingerprint density at radius 1 is 1.00 bits per heavy atom. The van der Waals surface area contributed by atoms with E-state index < -0.39 is 0 Å². The Balaban J connectivity index is 1.87. The Labute approximate surface area is 163 Å². The number of hydrogen-bond donors (Lipinski definition) is 0. The molecule has 0 N–H and O–H groups in total. The minimum Gasteiger partial charge on any atom is -0.340 e. The highest BCUT2D eigenvalue weighted by molar-refractivity contribution is 7.18. The van der Waals surface area contributed by atoms with E-state index in [0.717, 1.165) is 6.54 Å². The molecule has 3 heteroatoms. The maximum absolute atomic E-state index is 2.52. The molecule has 27 heavy (non-hydrogen) atoms. The Kier molecular flexibility index (Phi) is 3.98. The highest BCUT2D eigenvalue weighted by atomic mass is 32.1. The molecular weight excluding hydrogens is 348 g/mol. The Bertz CT molecular complexity index is 1320. The molecule has 0 spiro atoms. The van der Waals surface area contributed by atoms with Gasteiger partial charge >= 0.3 is 0 Å². The van der Waals surface area contributed by atoms with E-state index in [1.807, 2.05) is 11.3 Å². The van der Waals surface area contributed by atoms with Gasteiger partial charge in [-0.1, -0.05) is 67.1 Å². The summed E-state index contributed by atoms with van der Waals surface area (Å²) in [6.07, 6.45) is 4.78. The number of aromatic nitrogens is 2. The molecule has 0 fully saturated rings. The van der Waals surface area contributed by atoms with Crippen LogP contribution in [0.2, 0.25) is 0 Å². The number of para-hydroxylation sites is 1. The highest BCUT2D eigenvalue weighted by Gasteiger charge is 2.17. The molecule has 3 aromatic carbocycles. The highest BCUT2D eigenvalue weighted by Crippen LogP contribution is 2.27. The lowest BCUT2D eigenvalue weighted by Crippen LogP contribution is -2.30. The average molecular weight is 372 g/mol. The minimum atomic E-state index is 1.06. The van der Waals surface area contributed by atoms with Crippen molar-refractivity contribution in [3.63, 3.8) is 0 Å². The van der Waals surface area contributed by atoms with E-state index in [4.69, 9.17) is 0 Å². The zero-order valence-electron chi connectivity index (χ0n) is 15.8. The fraction of sp³-hybridized carbons (Fsp3) is 0.208. The molecule has 5 aromatic rings. The number of fused-ring (bicyclic) bond motifs is 1. The van der Waals surface area contributed by atoms with Crippen molar-refractivity contribution in [2.45, 2.75) is 26.3 Å². The largest absolute Gasteiger partial charge is 0.340 e. The first kappa shape index (κ1) is 16.5. The summed E-state index contributed by atoms with van der Waals surface area (Å²) in [5.74, 6) is 0. The van der Waals surface area contributed by atoms with Crippen molar-refractivity contribution in [3.8, 4) is 0 Å². The number of hydrogen-bond acceptors (Lipinski definition) is 1. The first-order valence-electron chi connectivity index (χ1n) is 9.67. The van der Waals surface area contributed by atoms with Gasteiger partial charge in [0.05, 0.1) is 5.35 Å². The van der Waals surface area contributed by atoms with Crippen LogP contribution in [-0.2, 0) is 13.6 Å². The number of rotatable bonds is 4. The summed E-state index contributed by atoms with van der Waals surface area (Å²) < 4.78 is 6.17. The summed E-state index contributed by atoms with van der Waals surface area (Å²) in [5, 5.41) is 6.70. The zero-order chi connectivity index (χ0) is 18.4. The third kappa shape index (κ3) is 2.57. The molecule has 0 aliphatic rings. The van der Waals surface area contributed by atoms with Gasteiger partial charge in [0.2, 0.25) is 5.52 Å². The first-order valence-corrected chi connectivity index (χ1v) is 10.5. The topological polar surface area (TPSA) is 8.81 Å². The molecule has 0 amide bonds. The maximum Gasteiger partial charge on any atom is 0.264 e. The number of benzene rings is 3. The molecule has 0 aliphatic carbocycles. The molecule has 0 unspecified atom stereocenters. The molecule has 0 radical (unpaired) electrons. The lowest BCUT2D eigenvalue weighted by atomic mass is 10.1. The first-order chi connectivity index (χ1) is 13.3. The van der Waals surface area contributed by atoms with Gasteiger partial charge in [-0.25, -0.2) is 0 Å². The Hall–Kier alpha value is -2.65. The van der Waals surface area contributed by atoms with Gasteiger partial charge in [-0.2, -0.15) is 4.57 Å². The van der Waals surface area contributed by atoms with Crippen LogP contribution in [0, 0.1) is 0 Å². The Morgan fingerprint density at radius 3 is 2.63 bits per heavy atom. The summed E-state index contributed by atoms with van der Waals surface area (Å²) >= 11 is 1.86. The number of unbranched alkanes of at least 4 members (excludes halogenated alkanes) is 1. The maximum atomic E-state index is 2.52. The zero-order valence-corrected chi connectivity index (χ0v) is 16.6. The second-order valence-corrected chi connectivity index (χ2v) is 8.24. The second-order valence-electron chi connectivity index (χ2n) is 7.18. The van der Waals surface area contributed by atoms with Gasteiger partial charge in [0.15, 0.2) is 0 Å². The standard InChI is InChI=1S/C24H23N2S/c1-3-4-15-26-20-13-8-10-17-9-7-11-18(24(17)20)21(26)16-23-25(2)19-12-5-6-14-22(19)27-23/h5-14,16H,3-4,15H2,1-2H3/q+1. The molecule has 0 saturated carbocycles. The molecule has 2 nitrogen and oxygen atoms in total. The van der Waals surface area contributed by atoms with Crippen molar-refractivity contribution in [2.75, 3.05) is 0 Å². The van der Waals surface area contributed by atoms with Crippen LogP contribution < -0.4 is 9.92 Å². The van der Waals surface area contributed by atoms with Crippen LogP contribution in [0.5, 0.6) is 0 Å². The molecular formula is C24H23N2S+. The van der Waals surface area contributed by atoms with Crippen molar-refractivity contribution in [1.29, 1.82) is 0 Å². The third-order valence-electron chi connectivity index (χ3n) is 5.51. The fourth-order valence-electron chi connectivity index (χ4n) is 4.11. The van der Waals surface area contributed by atoms with Crippen LogP contribution in [0.25, 0.3) is 38.0 Å². The van der Waals surface area contributed by atoms with Gasteiger partial charge in [-0.05, 0) is 23.9 Å². The number of thiazole rings is 1. The van der Waals surface area contributed by atoms with Crippen LogP contribution in [0.1, 0.15) is 24.8 Å². The summed E-state index contributed by atoms with van der Waals surface area (Å²) in [4.78, 5) is 0. The van der Waals surface area contributed by atoms with Crippen molar-refractivity contribution in [3.05, 3.63) is 71.0 Å². The molecule has 0 saturated heterocycles. The van der Waals surface area contributed by atoms with E-state index in [-0.39, 0.29) is 0 Å². The van der Waals surface area contributed by atoms with Crippen LogP contribution in [0.3, 0.4) is 0 Å². The van der Waals surface area contributed by atoms with E-state index in [9.17, 15) is 0 Å². The average Bonchev–Trinajstić information content (AvgIpc) is 3.18. The van der Waals surface area contributed by atoms with Crippen molar-refractivity contribution < 1.29 is 4.57 Å². The Morgan fingerprint density at radius 2 is 1.81 bits per heavy atom. The summed E-state index contributed by atoms with van der Waals surface area (Å²) in [7, 11) is 2.17. The predicted octanol–water partition coefficient (Wildman–Crippen LogP) is 5.18. The van der Waals surface area contributed by atoms with Gasteiger partial charge in [0.1, 0.15) is 11.7 Å². The van der Waals surface area contributed by atoms with Gasteiger partial charge in [0, 0.05) is 35.0 Å². The molecule has 0 atom stereocenters. The van der Waals surface area contributed by atoms with Crippen molar-refractivity contribution in [2.24, 2.45) is 7.05 Å². The molecule has 5 rings (SSSR count). The number of aryl methyl sites for hydroxylation is 2. The molecule has 0 aliphatic heterocycles. The van der Waals surface area contributed by atoms with E-state index in [2.05, 4.69) is 89.8 Å². The second kappa shape index (κ2) is 6.50. The normalized spacial score (nSPS) is 12.7. The smallest absolute Gasteiger partial charge is 0.264 e. The van der Waals surface area contributed by atoms with Crippen LogP contribution in [0.15, 0.2) is 60.7 Å². The van der Waals surface area contributed by atoms with Crippen molar-refractivity contribution >= 4 is 49.3 Å². The summed E-state index contributed by atoms with van der Waals surface area (Å²) in [6.45, 7) is 3.32. The molecule has 134 valence electrons. The molecule has 0 bridgehead atoms. The number of nitrogens with zero attached hydrogens (tertiary/aromatic N) is 2. The SMILES string of the molecule is CCCCn1/c(=C\c2sc3ccccc3[n+]2C)c2cccc3cccc1c32. The van der Waals surface area contributed by atoms with Crippen LogP contribution >= 0.6 is 11.3 Å². The molecule has 2 heterocycles.